The molecule has 10 heteroatoms. The van der Waals surface area contributed by atoms with Gasteiger partial charge in [0.2, 0.25) is 0 Å². The quantitative estimate of drug-likeness (QED) is 0.534. The van der Waals surface area contributed by atoms with E-state index in [4.69, 9.17) is 4.74 Å². The van der Waals surface area contributed by atoms with Crippen LogP contribution in [-0.4, -0.2) is 66.7 Å². The second-order valence-corrected chi connectivity index (χ2v) is 10.5. The molecule has 0 spiro atoms. The SMILES string of the molecule is CN(C)C(=O)c1ccc(OCC[C@H]2C[C@H]2C2CCN(C(=O)[C@](O)(c3ccccc3)C(F)(F)F)CC2)cc1C#N. The van der Waals surface area contributed by atoms with Gasteiger partial charge in [-0.25, -0.2) is 0 Å². The van der Waals surface area contributed by atoms with Crippen LogP contribution in [0.3, 0.4) is 0 Å². The molecule has 0 bridgehead atoms. The van der Waals surface area contributed by atoms with E-state index in [1.807, 2.05) is 6.07 Å². The molecule has 3 atom stereocenters. The molecule has 4 rings (SSSR count). The van der Waals surface area contributed by atoms with Crippen LogP contribution >= 0.6 is 0 Å². The number of hydrogen-bond acceptors (Lipinski definition) is 5. The molecule has 2 aliphatic rings. The van der Waals surface area contributed by atoms with Crippen molar-refractivity contribution in [3.8, 4) is 11.8 Å². The third-order valence-corrected chi connectivity index (χ3v) is 7.83. The summed E-state index contributed by atoms with van der Waals surface area (Å²) in [6.45, 7) is 0.785. The molecule has 2 amide bonds. The van der Waals surface area contributed by atoms with Crippen LogP contribution < -0.4 is 4.74 Å². The van der Waals surface area contributed by atoms with Crippen molar-refractivity contribution >= 4 is 11.8 Å². The first-order chi connectivity index (χ1) is 18.5. The van der Waals surface area contributed by atoms with Crippen LogP contribution in [0.25, 0.3) is 0 Å². The summed E-state index contributed by atoms with van der Waals surface area (Å²) in [5.74, 6) is 0.0953. The van der Waals surface area contributed by atoms with E-state index < -0.39 is 23.2 Å². The summed E-state index contributed by atoms with van der Waals surface area (Å²) in [5.41, 5.74) is -3.47. The van der Waals surface area contributed by atoms with Crippen molar-refractivity contribution in [2.24, 2.45) is 17.8 Å². The zero-order valence-corrected chi connectivity index (χ0v) is 21.9. The zero-order valence-electron chi connectivity index (χ0n) is 21.9. The molecule has 208 valence electrons. The van der Waals surface area contributed by atoms with Gasteiger partial charge in [0.15, 0.2) is 0 Å². The van der Waals surface area contributed by atoms with Crippen LogP contribution in [0, 0.1) is 29.1 Å². The van der Waals surface area contributed by atoms with E-state index in [0.29, 0.717) is 48.5 Å². The Kier molecular flexibility index (Phi) is 8.21. The summed E-state index contributed by atoms with van der Waals surface area (Å²) in [4.78, 5) is 27.7. The van der Waals surface area contributed by atoms with Crippen molar-refractivity contribution in [3.63, 3.8) is 0 Å². The van der Waals surface area contributed by atoms with E-state index in [0.717, 1.165) is 29.9 Å². The molecule has 2 aromatic rings. The highest BCUT2D eigenvalue weighted by molar-refractivity contribution is 5.96. The lowest BCUT2D eigenvalue weighted by molar-refractivity contribution is -0.262. The van der Waals surface area contributed by atoms with Crippen LogP contribution in [0.15, 0.2) is 48.5 Å². The minimum atomic E-state index is -5.14. The van der Waals surface area contributed by atoms with Crippen LogP contribution in [0.5, 0.6) is 5.75 Å². The smallest absolute Gasteiger partial charge is 0.430 e. The lowest BCUT2D eigenvalue weighted by Gasteiger charge is -2.38. The summed E-state index contributed by atoms with van der Waals surface area (Å²) < 4.78 is 47.5. The van der Waals surface area contributed by atoms with E-state index in [1.165, 1.54) is 23.1 Å². The van der Waals surface area contributed by atoms with Gasteiger partial charge in [0.25, 0.3) is 17.4 Å². The zero-order chi connectivity index (χ0) is 28.4. The second-order valence-electron chi connectivity index (χ2n) is 10.5. The predicted molar refractivity (Wildman–Crippen MR) is 137 cm³/mol. The third-order valence-electron chi connectivity index (χ3n) is 7.83. The van der Waals surface area contributed by atoms with Crippen molar-refractivity contribution in [1.82, 2.24) is 9.80 Å². The highest BCUT2D eigenvalue weighted by Gasteiger charge is 2.62. The number of carbonyl (C=O) groups excluding carboxylic acids is 2. The lowest BCUT2D eigenvalue weighted by atomic mass is 9.87. The number of benzene rings is 2. The molecule has 2 fully saturated rings. The van der Waals surface area contributed by atoms with E-state index in [2.05, 4.69) is 0 Å². The van der Waals surface area contributed by atoms with Gasteiger partial charge in [-0.1, -0.05) is 30.3 Å². The average Bonchev–Trinajstić information content (AvgIpc) is 3.71. The standard InChI is InChI=1S/C29H32F3N3O4/c1-34(2)26(36)24-9-8-23(16-21(24)18-33)39-15-12-20-17-25(20)19-10-13-35(14-11-19)27(37)28(38,29(30,31)32)22-6-4-3-5-7-22/h3-9,16,19-20,25,38H,10-15,17H2,1-2H3/t20-,25-,28+/m0/s1. The predicted octanol–water partition coefficient (Wildman–Crippen LogP) is 4.35. The summed E-state index contributed by atoms with van der Waals surface area (Å²) >= 11 is 0. The maximum Gasteiger partial charge on any atom is 0.430 e. The maximum atomic E-state index is 13.9. The fourth-order valence-electron chi connectivity index (χ4n) is 5.49. The van der Waals surface area contributed by atoms with Gasteiger partial charge in [0.05, 0.1) is 17.7 Å². The fourth-order valence-corrected chi connectivity index (χ4v) is 5.49. The number of nitrogens with zero attached hydrogens (tertiary/aromatic N) is 3. The Morgan fingerprint density at radius 1 is 1.13 bits per heavy atom. The van der Waals surface area contributed by atoms with Crippen LogP contribution in [0.1, 0.15) is 47.2 Å². The minimum absolute atomic E-state index is 0.170. The molecular weight excluding hydrogens is 511 g/mol. The van der Waals surface area contributed by atoms with Gasteiger partial charge < -0.3 is 19.6 Å². The Balaban J connectivity index is 1.27. The molecule has 0 unspecified atom stereocenters. The average molecular weight is 544 g/mol. The van der Waals surface area contributed by atoms with E-state index in [1.54, 1.807) is 32.3 Å². The van der Waals surface area contributed by atoms with Crippen LogP contribution in [0.4, 0.5) is 13.2 Å². The van der Waals surface area contributed by atoms with Gasteiger partial charge in [-0.15, -0.1) is 0 Å². The Morgan fingerprint density at radius 3 is 2.38 bits per heavy atom. The van der Waals surface area contributed by atoms with Gasteiger partial charge in [-0.3, -0.25) is 9.59 Å². The Labute approximate surface area is 225 Å². The number of aliphatic hydroxyl groups is 1. The summed E-state index contributed by atoms with van der Waals surface area (Å²) in [6.07, 6.45) is -2.17. The van der Waals surface area contributed by atoms with Gasteiger partial charge in [-0.05, 0) is 61.6 Å². The third kappa shape index (κ3) is 5.88. The molecule has 39 heavy (non-hydrogen) atoms. The first-order valence-electron chi connectivity index (χ1n) is 13.0. The molecule has 0 aromatic heterocycles. The monoisotopic (exact) mass is 543 g/mol. The van der Waals surface area contributed by atoms with E-state index in [-0.39, 0.29) is 24.6 Å². The molecule has 1 heterocycles. The molecule has 1 aliphatic carbocycles. The normalized spacial score (nSPS) is 21.0. The van der Waals surface area contributed by atoms with Gasteiger partial charge in [0.1, 0.15) is 11.8 Å². The molecule has 1 saturated carbocycles. The number of hydrogen-bond donors (Lipinski definition) is 1. The first kappa shape index (κ1) is 28.4. The molecule has 7 nitrogen and oxygen atoms in total. The maximum absolute atomic E-state index is 13.9. The number of nitriles is 1. The van der Waals surface area contributed by atoms with Gasteiger partial charge in [-0.2, -0.15) is 18.4 Å². The number of amides is 2. The number of rotatable bonds is 8. The number of halogens is 3. The van der Waals surface area contributed by atoms with Crippen molar-refractivity contribution in [3.05, 3.63) is 65.2 Å². The topological polar surface area (TPSA) is 93.9 Å². The highest BCUT2D eigenvalue weighted by atomic mass is 19.4. The number of likely N-dealkylation sites (tertiary alicyclic amines) is 1. The molecule has 1 saturated heterocycles. The van der Waals surface area contributed by atoms with E-state index >= 15 is 0 Å². The Hall–Kier alpha value is -3.58. The summed E-state index contributed by atoms with van der Waals surface area (Å²) in [6, 6.07) is 13.4. The van der Waals surface area contributed by atoms with E-state index in [9.17, 15) is 33.1 Å². The van der Waals surface area contributed by atoms with Gasteiger partial charge >= 0.3 is 6.18 Å². The van der Waals surface area contributed by atoms with Crippen LogP contribution in [-0.2, 0) is 10.4 Å². The largest absolute Gasteiger partial charge is 0.494 e. The lowest BCUT2D eigenvalue weighted by Crippen LogP contribution is -2.57. The number of carbonyl (C=O) groups is 2. The summed E-state index contributed by atoms with van der Waals surface area (Å²) in [7, 11) is 3.24. The number of alkyl halides is 3. The van der Waals surface area contributed by atoms with Crippen LogP contribution in [0.2, 0.25) is 0 Å². The molecular formula is C29H32F3N3O4. The number of piperidine rings is 1. The molecule has 0 radical (unpaired) electrons. The Morgan fingerprint density at radius 2 is 1.79 bits per heavy atom. The summed E-state index contributed by atoms with van der Waals surface area (Å²) in [5, 5.41) is 20.0. The minimum Gasteiger partial charge on any atom is -0.494 e. The highest BCUT2D eigenvalue weighted by Crippen LogP contribution is 2.50. The van der Waals surface area contributed by atoms with Crippen molar-refractivity contribution in [1.29, 1.82) is 5.26 Å². The van der Waals surface area contributed by atoms with Crippen molar-refractivity contribution in [2.75, 3.05) is 33.8 Å². The second kappa shape index (κ2) is 11.3. The van der Waals surface area contributed by atoms with Crippen molar-refractivity contribution < 1.29 is 32.6 Å². The number of ether oxygens (including phenoxy) is 1. The first-order valence-corrected chi connectivity index (χ1v) is 13.0. The molecule has 1 aliphatic heterocycles. The fraction of sp³-hybridized carbons (Fsp3) is 0.483. The van der Waals surface area contributed by atoms with Gasteiger partial charge in [0, 0.05) is 32.7 Å². The molecule has 1 N–H and O–H groups in total. The Bertz CT molecular complexity index is 1240. The molecule has 2 aromatic carbocycles. The van der Waals surface area contributed by atoms with Crippen molar-refractivity contribution in [2.45, 2.75) is 37.5 Å².